The molecule has 2 aliphatic rings. The highest BCUT2D eigenvalue weighted by atomic mass is 19.4. The van der Waals surface area contributed by atoms with Crippen molar-refractivity contribution in [3.05, 3.63) is 53.9 Å². The van der Waals surface area contributed by atoms with Crippen molar-refractivity contribution in [2.45, 2.75) is 24.6 Å². The van der Waals surface area contributed by atoms with E-state index in [-0.39, 0.29) is 30.9 Å². The fourth-order valence-electron chi connectivity index (χ4n) is 4.31. The van der Waals surface area contributed by atoms with Crippen LogP contribution in [0.15, 0.2) is 42.6 Å². The monoisotopic (exact) mass is 438 g/mol. The minimum absolute atomic E-state index is 0. The standard InChI is InChI=1S/C22H23F3N2O4.H2/c1-29-18-12-15(5-6-17(18)30-10-11-31-22(23,24)25)20(28)27-9-7-21(13-16(21)14-27)19-4-2-3-8-26-19;/h2-6,8,12,16H,7,9-11,13-14H2,1H3;1H/t16?,21-;/m0./s1. The number of ether oxygens (including phenoxy) is 3. The van der Waals surface area contributed by atoms with Crippen LogP contribution in [0.1, 0.15) is 30.3 Å². The molecular weight excluding hydrogens is 413 g/mol. The fourth-order valence-corrected chi connectivity index (χ4v) is 4.31. The van der Waals surface area contributed by atoms with Crippen molar-refractivity contribution in [3.63, 3.8) is 0 Å². The number of rotatable bonds is 7. The zero-order chi connectivity index (χ0) is 22.1. The number of carbonyl (C=O) groups is 1. The number of likely N-dealkylation sites (tertiary alicyclic amines) is 1. The number of nitrogens with zero attached hydrogens (tertiary/aromatic N) is 2. The molecule has 4 rings (SSSR count). The van der Waals surface area contributed by atoms with Crippen molar-refractivity contribution >= 4 is 5.91 Å². The number of fused-ring (bicyclic) bond motifs is 1. The topological polar surface area (TPSA) is 60.9 Å². The van der Waals surface area contributed by atoms with E-state index in [1.807, 2.05) is 23.2 Å². The first-order valence-electron chi connectivity index (χ1n) is 10.0. The summed E-state index contributed by atoms with van der Waals surface area (Å²) in [5.41, 5.74) is 1.64. The van der Waals surface area contributed by atoms with E-state index in [9.17, 15) is 18.0 Å². The summed E-state index contributed by atoms with van der Waals surface area (Å²) in [6.07, 6.45) is -0.988. The summed E-state index contributed by atoms with van der Waals surface area (Å²) >= 11 is 0. The third-order valence-electron chi connectivity index (χ3n) is 5.98. The number of alkyl halides is 3. The lowest BCUT2D eigenvalue weighted by Gasteiger charge is -2.31. The molecular formula is C22H25F3N2O4. The van der Waals surface area contributed by atoms with Gasteiger partial charge in [-0.2, -0.15) is 0 Å². The van der Waals surface area contributed by atoms with Gasteiger partial charge in [0.25, 0.3) is 5.91 Å². The number of pyridine rings is 1. The highest BCUT2D eigenvalue weighted by molar-refractivity contribution is 5.95. The van der Waals surface area contributed by atoms with Gasteiger partial charge >= 0.3 is 6.36 Å². The molecule has 0 spiro atoms. The lowest BCUT2D eigenvalue weighted by molar-refractivity contribution is -0.325. The molecule has 1 aromatic heterocycles. The van der Waals surface area contributed by atoms with Crippen LogP contribution in [0, 0.1) is 5.92 Å². The number of hydrogen-bond acceptors (Lipinski definition) is 5. The van der Waals surface area contributed by atoms with Gasteiger partial charge in [-0.15, -0.1) is 13.2 Å². The van der Waals surface area contributed by atoms with Crippen molar-refractivity contribution in [1.29, 1.82) is 0 Å². The lowest BCUT2D eigenvalue weighted by Crippen LogP contribution is -2.40. The zero-order valence-electron chi connectivity index (χ0n) is 17.0. The molecule has 168 valence electrons. The van der Waals surface area contributed by atoms with Gasteiger partial charge in [-0.05, 0) is 49.1 Å². The predicted molar refractivity (Wildman–Crippen MR) is 107 cm³/mol. The zero-order valence-corrected chi connectivity index (χ0v) is 17.0. The Kier molecular flexibility index (Phi) is 5.79. The molecule has 6 nitrogen and oxygen atoms in total. The quantitative estimate of drug-likeness (QED) is 0.611. The van der Waals surface area contributed by atoms with Gasteiger partial charge in [-0.3, -0.25) is 14.5 Å². The van der Waals surface area contributed by atoms with Crippen molar-refractivity contribution < 1.29 is 33.6 Å². The second-order valence-corrected chi connectivity index (χ2v) is 7.78. The van der Waals surface area contributed by atoms with Crippen LogP contribution in [0.5, 0.6) is 11.5 Å². The third kappa shape index (κ3) is 4.61. The highest BCUT2D eigenvalue weighted by Crippen LogP contribution is 2.58. The Bertz CT molecular complexity index is 945. The number of methoxy groups -OCH3 is 1. The number of hydrogen-bond donors (Lipinski definition) is 0. The van der Waals surface area contributed by atoms with Crippen LogP contribution in [0.2, 0.25) is 0 Å². The van der Waals surface area contributed by atoms with Crippen molar-refractivity contribution in [3.8, 4) is 11.5 Å². The Morgan fingerprint density at radius 1 is 1.26 bits per heavy atom. The maximum absolute atomic E-state index is 13.0. The molecule has 1 unspecified atom stereocenters. The van der Waals surface area contributed by atoms with Crippen molar-refractivity contribution in [2.24, 2.45) is 5.92 Å². The van der Waals surface area contributed by atoms with Gasteiger partial charge in [-0.25, -0.2) is 0 Å². The molecule has 9 heteroatoms. The average Bonchev–Trinajstić information content (AvgIpc) is 3.51. The Labute approximate surface area is 179 Å². The van der Waals surface area contributed by atoms with Gasteiger partial charge < -0.3 is 14.4 Å². The fraction of sp³-hybridized carbons (Fsp3) is 0.455. The van der Waals surface area contributed by atoms with Crippen LogP contribution < -0.4 is 9.47 Å². The van der Waals surface area contributed by atoms with Gasteiger partial charge in [0.1, 0.15) is 6.61 Å². The summed E-state index contributed by atoms with van der Waals surface area (Å²) in [6.45, 7) is 0.374. The molecule has 1 aromatic carbocycles. The first-order chi connectivity index (χ1) is 14.8. The van der Waals surface area contributed by atoms with E-state index in [4.69, 9.17) is 9.47 Å². The summed E-state index contributed by atoms with van der Waals surface area (Å²) in [7, 11) is 1.41. The number of amides is 1. The largest absolute Gasteiger partial charge is 0.522 e. The Hall–Kier alpha value is -2.81. The Morgan fingerprint density at radius 3 is 2.77 bits per heavy atom. The molecule has 1 amide bonds. The van der Waals surface area contributed by atoms with E-state index in [0.29, 0.717) is 24.6 Å². The maximum atomic E-state index is 13.0. The van der Waals surface area contributed by atoms with E-state index < -0.39 is 13.0 Å². The smallest absolute Gasteiger partial charge is 0.493 e. The second-order valence-electron chi connectivity index (χ2n) is 7.78. The van der Waals surface area contributed by atoms with Crippen LogP contribution in [-0.2, 0) is 10.2 Å². The molecule has 31 heavy (non-hydrogen) atoms. The van der Waals surface area contributed by atoms with Crippen molar-refractivity contribution in [2.75, 3.05) is 33.4 Å². The second kappa shape index (κ2) is 8.37. The third-order valence-corrected chi connectivity index (χ3v) is 5.98. The molecule has 2 aromatic rings. The van der Waals surface area contributed by atoms with Gasteiger partial charge in [0.05, 0.1) is 13.7 Å². The van der Waals surface area contributed by atoms with Crippen LogP contribution in [0.4, 0.5) is 13.2 Å². The first-order valence-corrected chi connectivity index (χ1v) is 10.0. The summed E-state index contributed by atoms with van der Waals surface area (Å²) in [6, 6.07) is 10.6. The molecule has 2 heterocycles. The summed E-state index contributed by atoms with van der Waals surface area (Å²) in [5, 5.41) is 0. The van der Waals surface area contributed by atoms with Crippen LogP contribution in [0.25, 0.3) is 0 Å². The minimum Gasteiger partial charge on any atom is -0.493 e. The van der Waals surface area contributed by atoms with E-state index in [2.05, 4.69) is 15.8 Å². The van der Waals surface area contributed by atoms with E-state index in [1.165, 1.54) is 13.2 Å². The molecule has 0 radical (unpaired) electrons. The van der Waals surface area contributed by atoms with E-state index in [0.717, 1.165) is 18.5 Å². The summed E-state index contributed by atoms with van der Waals surface area (Å²) in [5.74, 6) is 0.828. The molecule has 1 saturated heterocycles. The van der Waals surface area contributed by atoms with Gasteiger partial charge in [-0.1, -0.05) is 6.07 Å². The predicted octanol–water partition coefficient (Wildman–Crippen LogP) is 4.06. The first kappa shape index (κ1) is 21.4. The molecule has 0 N–H and O–H groups in total. The normalized spacial score (nSPS) is 22.6. The molecule has 1 saturated carbocycles. The molecule has 1 aliphatic heterocycles. The summed E-state index contributed by atoms with van der Waals surface area (Å²) < 4.78 is 50.4. The van der Waals surface area contributed by atoms with Gasteiger partial charge in [0.2, 0.25) is 0 Å². The van der Waals surface area contributed by atoms with Crippen LogP contribution in [-0.4, -0.2) is 55.6 Å². The maximum Gasteiger partial charge on any atom is 0.522 e. The number of halogens is 3. The Balaban J connectivity index is 0.00000289. The molecule has 2 fully saturated rings. The number of aromatic nitrogens is 1. The van der Waals surface area contributed by atoms with E-state index in [1.54, 1.807) is 12.1 Å². The molecule has 0 bridgehead atoms. The number of piperidine rings is 1. The SMILES string of the molecule is COc1cc(C(=O)N2CC[C@]3(c4ccccn4)CC3C2)ccc1OCCOC(F)(F)F.[HH]. The minimum atomic E-state index is -4.70. The number of benzene rings is 1. The molecule has 2 atom stereocenters. The van der Waals surface area contributed by atoms with Gasteiger partial charge in [0, 0.05) is 37.4 Å². The molecule has 1 aliphatic carbocycles. The van der Waals surface area contributed by atoms with Gasteiger partial charge in [0.15, 0.2) is 11.5 Å². The van der Waals surface area contributed by atoms with E-state index >= 15 is 0 Å². The summed E-state index contributed by atoms with van der Waals surface area (Å²) in [4.78, 5) is 19.4. The van der Waals surface area contributed by atoms with Crippen molar-refractivity contribution in [1.82, 2.24) is 9.88 Å². The lowest BCUT2D eigenvalue weighted by atomic mass is 9.90. The number of carbonyl (C=O) groups excluding carboxylic acids is 1. The van der Waals surface area contributed by atoms with Crippen LogP contribution >= 0.6 is 0 Å². The van der Waals surface area contributed by atoms with Crippen LogP contribution in [0.3, 0.4) is 0 Å². The average molecular weight is 438 g/mol. The highest BCUT2D eigenvalue weighted by Gasteiger charge is 2.59. The Morgan fingerprint density at radius 2 is 2.10 bits per heavy atom.